The molecule has 1 heterocycles. The predicted octanol–water partition coefficient (Wildman–Crippen LogP) is 4.01. The Morgan fingerprint density at radius 2 is 1.68 bits per heavy atom. The maximum absolute atomic E-state index is 12.8. The first-order chi connectivity index (χ1) is 10.8. The van der Waals surface area contributed by atoms with Gasteiger partial charge in [-0.2, -0.15) is 0 Å². The summed E-state index contributed by atoms with van der Waals surface area (Å²) in [7, 11) is 0. The van der Waals surface area contributed by atoms with Crippen LogP contribution in [-0.4, -0.2) is 17.4 Å². The minimum Gasteiger partial charge on any atom is -0.443 e. The van der Waals surface area contributed by atoms with Crippen LogP contribution >= 0.6 is 0 Å². The first-order valence-corrected chi connectivity index (χ1v) is 7.17. The summed E-state index contributed by atoms with van der Waals surface area (Å²) in [5.74, 6) is 0.335. The van der Waals surface area contributed by atoms with Gasteiger partial charge in [-0.25, -0.2) is 4.98 Å². The van der Waals surface area contributed by atoms with Crippen LogP contribution in [0.25, 0.3) is 11.3 Å². The van der Waals surface area contributed by atoms with Gasteiger partial charge in [0.15, 0.2) is 17.8 Å². The fourth-order valence-corrected chi connectivity index (χ4v) is 2.37. The van der Waals surface area contributed by atoms with Gasteiger partial charge >= 0.3 is 0 Å². The van der Waals surface area contributed by atoms with Gasteiger partial charge < -0.3 is 9.32 Å². The summed E-state index contributed by atoms with van der Waals surface area (Å²) in [4.78, 5) is 18.6. The maximum Gasteiger partial charge on any atom is 0.280 e. The van der Waals surface area contributed by atoms with Crippen molar-refractivity contribution in [1.82, 2.24) is 4.98 Å². The fraction of sp³-hybridized carbons (Fsp3) is 0.111. The number of carbonyl (C=O) groups is 1. The zero-order chi connectivity index (χ0) is 15.4. The molecule has 3 rings (SSSR count). The summed E-state index contributed by atoms with van der Waals surface area (Å²) in [6, 6.07) is 19.1. The predicted molar refractivity (Wildman–Crippen MR) is 85.7 cm³/mol. The van der Waals surface area contributed by atoms with Gasteiger partial charge in [-0.15, -0.1) is 0 Å². The van der Waals surface area contributed by atoms with Crippen LogP contribution in [-0.2, 0) is 0 Å². The van der Waals surface area contributed by atoms with E-state index in [0.717, 1.165) is 11.3 Å². The Morgan fingerprint density at radius 3 is 2.32 bits per heavy atom. The standard InChI is InChI=1S/C18H16N2O2/c1-2-20(15-11-7-4-8-12-15)18(21)16-17(22-13-19-16)14-9-5-3-6-10-14/h3-13H,2H2,1H3. The average molecular weight is 292 g/mol. The van der Waals surface area contributed by atoms with Gasteiger partial charge in [0.1, 0.15) is 0 Å². The lowest BCUT2D eigenvalue weighted by atomic mass is 10.1. The molecule has 4 heteroatoms. The topological polar surface area (TPSA) is 46.3 Å². The van der Waals surface area contributed by atoms with Crippen molar-refractivity contribution in [1.29, 1.82) is 0 Å². The van der Waals surface area contributed by atoms with E-state index < -0.39 is 0 Å². The Bertz CT molecular complexity index is 751. The SMILES string of the molecule is CCN(C(=O)c1ncoc1-c1ccccc1)c1ccccc1. The van der Waals surface area contributed by atoms with Crippen LogP contribution in [0.5, 0.6) is 0 Å². The van der Waals surface area contributed by atoms with Crippen molar-refractivity contribution in [3.05, 3.63) is 72.8 Å². The van der Waals surface area contributed by atoms with E-state index in [0.29, 0.717) is 18.0 Å². The lowest BCUT2D eigenvalue weighted by Gasteiger charge is -2.20. The molecule has 0 unspecified atom stereocenters. The van der Waals surface area contributed by atoms with Crippen molar-refractivity contribution in [3.63, 3.8) is 0 Å². The van der Waals surface area contributed by atoms with Gasteiger partial charge in [-0.05, 0) is 19.1 Å². The number of oxazole rings is 1. The zero-order valence-electron chi connectivity index (χ0n) is 12.3. The Hall–Kier alpha value is -2.88. The third-order valence-corrected chi connectivity index (χ3v) is 3.44. The Balaban J connectivity index is 1.98. The number of rotatable bonds is 4. The van der Waals surface area contributed by atoms with E-state index in [2.05, 4.69) is 4.98 Å². The molecule has 110 valence electrons. The van der Waals surface area contributed by atoms with E-state index in [-0.39, 0.29) is 5.91 Å². The number of amides is 1. The van der Waals surface area contributed by atoms with Crippen LogP contribution in [0.4, 0.5) is 5.69 Å². The van der Waals surface area contributed by atoms with E-state index in [1.807, 2.05) is 67.6 Å². The van der Waals surface area contributed by atoms with Gasteiger partial charge in [0.05, 0.1) is 0 Å². The second-order valence-electron chi connectivity index (χ2n) is 4.78. The van der Waals surface area contributed by atoms with Crippen LogP contribution in [0.3, 0.4) is 0 Å². The number of aromatic nitrogens is 1. The van der Waals surface area contributed by atoms with Crippen LogP contribution in [0.2, 0.25) is 0 Å². The Labute approximate surface area is 129 Å². The zero-order valence-corrected chi connectivity index (χ0v) is 12.3. The molecule has 0 atom stereocenters. The molecular formula is C18H16N2O2. The molecule has 0 spiro atoms. The number of carbonyl (C=O) groups excluding carboxylic acids is 1. The first-order valence-electron chi connectivity index (χ1n) is 7.17. The summed E-state index contributed by atoms with van der Waals surface area (Å²) in [5.41, 5.74) is 2.02. The molecule has 0 saturated carbocycles. The highest BCUT2D eigenvalue weighted by molar-refractivity contribution is 6.07. The fourth-order valence-electron chi connectivity index (χ4n) is 2.37. The number of benzene rings is 2. The lowest BCUT2D eigenvalue weighted by molar-refractivity contribution is 0.0984. The van der Waals surface area contributed by atoms with Crippen molar-refractivity contribution >= 4 is 11.6 Å². The van der Waals surface area contributed by atoms with Gasteiger partial charge in [-0.3, -0.25) is 4.79 Å². The lowest BCUT2D eigenvalue weighted by Crippen LogP contribution is -2.31. The van der Waals surface area contributed by atoms with E-state index in [1.165, 1.54) is 6.39 Å². The molecule has 0 radical (unpaired) electrons. The number of hydrogen-bond donors (Lipinski definition) is 0. The van der Waals surface area contributed by atoms with Crippen LogP contribution in [0, 0.1) is 0 Å². The van der Waals surface area contributed by atoms with Crippen molar-refractivity contribution in [2.45, 2.75) is 6.92 Å². The van der Waals surface area contributed by atoms with E-state index >= 15 is 0 Å². The second kappa shape index (κ2) is 6.26. The summed E-state index contributed by atoms with van der Waals surface area (Å²) in [6.07, 6.45) is 1.31. The maximum atomic E-state index is 12.8. The molecule has 0 bridgehead atoms. The molecule has 0 N–H and O–H groups in total. The summed E-state index contributed by atoms with van der Waals surface area (Å²) in [5, 5.41) is 0. The minimum absolute atomic E-state index is 0.165. The first kappa shape index (κ1) is 14.1. The monoisotopic (exact) mass is 292 g/mol. The summed E-state index contributed by atoms with van der Waals surface area (Å²) in [6.45, 7) is 2.50. The molecule has 4 nitrogen and oxygen atoms in total. The third kappa shape index (κ3) is 2.63. The van der Waals surface area contributed by atoms with Crippen molar-refractivity contribution in [3.8, 4) is 11.3 Å². The molecule has 0 saturated heterocycles. The molecule has 0 aliphatic heterocycles. The Kier molecular flexibility index (Phi) is 4.01. The molecule has 1 aromatic heterocycles. The molecule has 2 aromatic carbocycles. The largest absolute Gasteiger partial charge is 0.443 e. The summed E-state index contributed by atoms with van der Waals surface area (Å²) >= 11 is 0. The highest BCUT2D eigenvalue weighted by Gasteiger charge is 2.23. The minimum atomic E-state index is -0.165. The molecule has 3 aromatic rings. The Morgan fingerprint density at radius 1 is 1.05 bits per heavy atom. The number of para-hydroxylation sites is 1. The number of anilines is 1. The van der Waals surface area contributed by atoms with Gasteiger partial charge in [-0.1, -0.05) is 48.5 Å². The molecule has 0 aliphatic carbocycles. The number of nitrogens with zero attached hydrogens (tertiary/aromatic N) is 2. The van der Waals surface area contributed by atoms with E-state index in [4.69, 9.17) is 4.42 Å². The molecule has 1 amide bonds. The van der Waals surface area contributed by atoms with Crippen LogP contribution < -0.4 is 4.90 Å². The van der Waals surface area contributed by atoms with Crippen molar-refractivity contribution < 1.29 is 9.21 Å². The number of hydrogen-bond acceptors (Lipinski definition) is 3. The highest BCUT2D eigenvalue weighted by atomic mass is 16.3. The average Bonchev–Trinajstić information content (AvgIpc) is 3.07. The second-order valence-corrected chi connectivity index (χ2v) is 4.78. The molecule has 0 fully saturated rings. The van der Waals surface area contributed by atoms with Crippen LogP contribution in [0.1, 0.15) is 17.4 Å². The van der Waals surface area contributed by atoms with E-state index in [1.54, 1.807) is 4.90 Å². The summed E-state index contributed by atoms with van der Waals surface area (Å²) < 4.78 is 5.44. The third-order valence-electron chi connectivity index (χ3n) is 3.44. The van der Waals surface area contributed by atoms with Gasteiger partial charge in [0, 0.05) is 17.8 Å². The quantitative estimate of drug-likeness (QED) is 0.730. The van der Waals surface area contributed by atoms with E-state index in [9.17, 15) is 4.79 Å². The normalized spacial score (nSPS) is 10.4. The van der Waals surface area contributed by atoms with Gasteiger partial charge in [0.25, 0.3) is 5.91 Å². The van der Waals surface area contributed by atoms with Crippen LogP contribution in [0.15, 0.2) is 71.5 Å². The molecular weight excluding hydrogens is 276 g/mol. The molecule has 22 heavy (non-hydrogen) atoms. The molecule has 0 aliphatic rings. The van der Waals surface area contributed by atoms with Gasteiger partial charge in [0.2, 0.25) is 0 Å². The van der Waals surface area contributed by atoms with Crippen molar-refractivity contribution in [2.75, 3.05) is 11.4 Å². The van der Waals surface area contributed by atoms with Crippen molar-refractivity contribution in [2.24, 2.45) is 0 Å². The highest BCUT2D eigenvalue weighted by Crippen LogP contribution is 2.25. The smallest absolute Gasteiger partial charge is 0.280 e.